The van der Waals surface area contributed by atoms with Gasteiger partial charge in [0.15, 0.2) is 0 Å². The van der Waals surface area contributed by atoms with Gasteiger partial charge in [-0.25, -0.2) is 5.43 Å². The smallest absolute Gasteiger partial charge is 0.281 e. The standard InChI is InChI=1S/C14H19N3O3S/c1-10(16-17-14(19)12-5-3-7-21-12)8-13(18)15-9-11-4-2-6-20-11/h3,5,7,11H,2,4,6,8-9H2,1H3,(H,15,18)(H,17,19)/b16-10-/t11-/m1/s1. The van der Waals surface area contributed by atoms with E-state index in [2.05, 4.69) is 15.8 Å². The molecule has 1 fully saturated rings. The fourth-order valence-electron chi connectivity index (χ4n) is 1.98. The Hall–Kier alpha value is -1.73. The molecular formula is C14H19N3O3S. The van der Waals surface area contributed by atoms with Crippen molar-refractivity contribution in [1.29, 1.82) is 0 Å². The number of nitrogens with one attached hydrogen (secondary N) is 2. The highest BCUT2D eigenvalue weighted by Crippen LogP contribution is 2.10. The third-order valence-corrected chi connectivity index (χ3v) is 3.93. The summed E-state index contributed by atoms with van der Waals surface area (Å²) in [7, 11) is 0. The van der Waals surface area contributed by atoms with E-state index in [4.69, 9.17) is 4.74 Å². The van der Waals surface area contributed by atoms with Crippen LogP contribution in [0.2, 0.25) is 0 Å². The van der Waals surface area contributed by atoms with Crippen molar-refractivity contribution in [2.45, 2.75) is 32.3 Å². The molecule has 2 rings (SSSR count). The summed E-state index contributed by atoms with van der Waals surface area (Å²) in [5.41, 5.74) is 3.00. The Morgan fingerprint density at radius 1 is 1.52 bits per heavy atom. The number of hydrazone groups is 1. The van der Waals surface area contributed by atoms with Crippen molar-refractivity contribution in [3.8, 4) is 0 Å². The van der Waals surface area contributed by atoms with Crippen molar-refractivity contribution in [3.63, 3.8) is 0 Å². The van der Waals surface area contributed by atoms with Crippen LogP contribution in [0, 0.1) is 0 Å². The lowest BCUT2D eigenvalue weighted by atomic mass is 10.2. The molecule has 0 unspecified atom stereocenters. The maximum Gasteiger partial charge on any atom is 0.281 e. The lowest BCUT2D eigenvalue weighted by Crippen LogP contribution is -2.33. The number of rotatable bonds is 6. The van der Waals surface area contributed by atoms with Crippen LogP contribution in [0.3, 0.4) is 0 Å². The highest BCUT2D eigenvalue weighted by molar-refractivity contribution is 7.12. The Morgan fingerprint density at radius 2 is 2.38 bits per heavy atom. The van der Waals surface area contributed by atoms with E-state index < -0.39 is 0 Å². The first-order valence-electron chi connectivity index (χ1n) is 6.90. The molecule has 0 bridgehead atoms. The SMILES string of the molecule is C/C(CC(=O)NC[C@H]1CCCO1)=N/NC(=O)c1cccs1. The average molecular weight is 309 g/mol. The van der Waals surface area contributed by atoms with Crippen molar-refractivity contribution in [1.82, 2.24) is 10.7 Å². The lowest BCUT2D eigenvalue weighted by molar-refractivity contribution is -0.120. The first-order valence-corrected chi connectivity index (χ1v) is 7.78. The largest absolute Gasteiger partial charge is 0.376 e. The van der Waals surface area contributed by atoms with Crippen molar-refractivity contribution >= 4 is 28.9 Å². The van der Waals surface area contributed by atoms with Crippen LogP contribution in [-0.2, 0) is 9.53 Å². The van der Waals surface area contributed by atoms with Crippen LogP contribution < -0.4 is 10.7 Å². The monoisotopic (exact) mass is 309 g/mol. The van der Waals surface area contributed by atoms with E-state index in [-0.39, 0.29) is 24.3 Å². The Balaban J connectivity index is 1.69. The fourth-order valence-corrected chi connectivity index (χ4v) is 2.59. The Labute approximate surface area is 127 Å². The third-order valence-electron chi connectivity index (χ3n) is 3.06. The summed E-state index contributed by atoms with van der Waals surface area (Å²) in [6.07, 6.45) is 2.34. The van der Waals surface area contributed by atoms with Crippen LogP contribution in [0.5, 0.6) is 0 Å². The molecule has 2 amide bonds. The molecule has 0 radical (unpaired) electrons. The van der Waals surface area contributed by atoms with Gasteiger partial charge in [-0.05, 0) is 31.2 Å². The molecule has 1 aromatic heterocycles. The fraction of sp³-hybridized carbons (Fsp3) is 0.500. The topological polar surface area (TPSA) is 79.8 Å². The predicted molar refractivity (Wildman–Crippen MR) is 81.5 cm³/mol. The van der Waals surface area contributed by atoms with E-state index in [0.29, 0.717) is 17.1 Å². The molecule has 0 saturated carbocycles. The van der Waals surface area contributed by atoms with Crippen LogP contribution in [0.1, 0.15) is 35.9 Å². The summed E-state index contributed by atoms with van der Waals surface area (Å²) < 4.78 is 5.43. The second kappa shape index (κ2) is 7.90. The molecule has 21 heavy (non-hydrogen) atoms. The van der Waals surface area contributed by atoms with Crippen LogP contribution in [0.25, 0.3) is 0 Å². The number of carbonyl (C=O) groups is 2. The van der Waals surface area contributed by atoms with Crippen LogP contribution >= 0.6 is 11.3 Å². The van der Waals surface area contributed by atoms with Crippen molar-refractivity contribution < 1.29 is 14.3 Å². The summed E-state index contributed by atoms with van der Waals surface area (Å²) in [4.78, 5) is 24.0. The molecule has 1 aliphatic heterocycles. The highest BCUT2D eigenvalue weighted by atomic mass is 32.1. The Morgan fingerprint density at radius 3 is 3.05 bits per heavy atom. The van der Waals surface area contributed by atoms with Crippen molar-refractivity contribution in [3.05, 3.63) is 22.4 Å². The summed E-state index contributed by atoms with van der Waals surface area (Å²) in [5.74, 6) is -0.374. The van der Waals surface area contributed by atoms with Gasteiger partial charge in [0.05, 0.1) is 17.4 Å². The van der Waals surface area contributed by atoms with Crippen LogP contribution in [0.4, 0.5) is 0 Å². The van der Waals surface area contributed by atoms with Gasteiger partial charge in [-0.3, -0.25) is 9.59 Å². The second-order valence-electron chi connectivity index (χ2n) is 4.88. The number of thiophene rings is 1. The number of ether oxygens (including phenoxy) is 1. The molecule has 0 aromatic carbocycles. The van der Waals surface area contributed by atoms with Gasteiger partial charge in [0.25, 0.3) is 5.91 Å². The molecule has 1 aliphatic rings. The maximum absolute atomic E-state index is 11.7. The van der Waals surface area contributed by atoms with E-state index in [1.165, 1.54) is 11.3 Å². The number of hydrogen-bond acceptors (Lipinski definition) is 5. The quantitative estimate of drug-likeness (QED) is 0.618. The number of nitrogens with zero attached hydrogens (tertiary/aromatic N) is 1. The molecule has 6 nitrogen and oxygen atoms in total. The molecular weight excluding hydrogens is 290 g/mol. The van der Waals surface area contributed by atoms with Gasteiger partial charge >= 0.3 is 0 Å². The molecule has 0 spiro atoms. The van der Waals surface area contributed by atoms with Crippen LogP contribution in [-0.4, -0.2) is 36.8 Å². The van der Waals surface area contributed by atoms with Gasteiger partial charge in [-0.1, -0.05) is 6.07 Å². The van der Waals surface area contributed by atoms with Crippen LogP contribution in [0.15, 0.2) is 22.6 Å². The average Bonchev–Trinajstić information content (AvgIpc) is 3.15. The maximum atomic E-state index is 11.7. The van der Waals surface area contributed by atoms with Gasteiger partial charge in [0.2, 0.25) is 5.91 Å². The molecule has 0 aliphatic carbocycles. The van der Waals surface area contributed by atoms with Crippen molar-refractivity contribution in [2.75, 3.05) is 13.2 Å². The number of hydrogen-bond donors (Lipinski definition) is 2. The predicted octanol–water partition coefficient (Wildman–Crippen LogP) is 1.54. The minimum absolute atomic E-state index is 0.114. The van der Waals surface area contributed by atoms with E-state index in [1.54, 1.807) is 19.1 Å². The zero-order valence-corrected chi connectivity index (χ0v) is 12.7. The zero-order chi connectivity index (χ0) is 15.1. The lowest BCUT2D eigenvalue weighted by Gasteiger charge is -2.10. The Kier molecular flexibility index (Phi) is 5.89. The number of amides is 2. The van der Waals surface area contributed by atoms with Crippen molar-refractivity contribution in [2.24, 2.45) is 5.10 Å². The second-order valence-corrected chi connectivity index (χ2v) is 5.83. The molecule has 2 heterocycles. The van der Waals surface area contributed by atoms with Gasteiger partial charge in [0, 0.05) is 18.9 Å². The molecule has 7 heteroatoms. The number of carbonyl (C=O) groups excluding carboxylic acids is 2. The van der Waals surface area contributed by atoms with E-state index in [1.807, 2.05) is 5.38 Å². The van der Waals surface area contributed by atoms with E-state index in [9.17, 15) is 9.59 Å². The zero-order valence-electron chi connectivity index (χ0n) is 11.9. The molecule has 114 valence electrons. The van der Waals surface area contributed by atoms with E-state index >= 15 is 0 Å². The van der Waals surface area contributed by atoms with Gasteiger partial charge in [-0.2, -0.15) is 5.10 Å². The summed E-state index contributed by atoms with van der Waals surface area (Å²) in [6, 6.07) is 3.52. The summed E-state index contributed by atoms with van der Waals surface area (Å²) in [6.45, 7) is 3.02. The summed E-state index contributed by atoms with van der Waals surface area (Å²) in [5, 5.41) is 8.57. The minimum atomic E-state index is -0.260. The minimum Gasteiger partial charge on any atom is -0.376 e. The third kappa shape index (κ3) is 5.28. The molecule has 2 N–H and O–H groups in total. The summed E-state index contributed by atoms with van der Waals surface area (Å²) >= 11 is 1.34. The highest BCUT2D eigenvalue weighted by Gasteiger charge is 2.16. The molecule has 1 atom stereocenters. The Bertz CT molecular complexity index is 508. The van der Waals surface area contributed by atoms with Gasteiger partial charge in [-0.15, -0.1) is 11.3 Å². The van der Waals surface area contributed by atoms with Gasteiger partial charge in [0.1, 0.15) is 0 Å². The molecule has 1 aromatic rings. The first-order chi connectivity index (χ1) is 10.1. The van der Waals surface area contributed by atoms with E-state index in [0.717, 1.165) is 19.4 Å². The first kappa shape index (κ1) is 15.7. The molecule has 1 saturated heterocycles. The van der Waals surface area contributed by atoms with Gasteiger partial charge < -0.3 is 10.1 Å². The normalized spacial score (nSPS) is 18.5.